The number of hydrogen-bond acceptors (Lipinski definition) is 2. The zero-order valence-corrected chi connectivity index (χ0v) is 11.0. The zero-order chi connectivity index (χ0) is 13.2. The van der Waals surface area contributed by atoms with E-state index in [1.54, 1.807) is 6.07 Å². The molecule has 1 aliphatic rings. The van der Waals surface area contributed by atoms with Gasteiger partial charge in [0.15, 0.2) is 0 Å². The molecule has 0 aliphatic heterocycles. The standard InChI is InChI=1S/C15H19FN2/c1-11(2)15(3-4-15)10-18-9-13-5-12(8-17)6-14(16)7-13/h5-7,11,18H,3-4,9-10H2,1-2H3. The molecule has 0 heterocycles. The normalized spacial score (nSPS) is 16.6. The lowest BCUT2D eigenvalue weighted by atomic mass is 9.92. The van der Waals surface area contributed by atoms with Crippen molar-refractivity contribution in [2.75, 3.05) is 6.54 Å². The van der Waals surface area contributed by atoms with Gasteiger partial charge in [-0.3, -0.25) is 0 Å². The molecule has 0 spiro atoms. The highest BCUT2D eigenvalue weighted by Gasteiger charge is 2.44. The fourth-order valence-electron chi connectivity index (χ4n) is 2.39. The van der Waals surface area contributed by atoms with E-state index in [9.17, 15) is 4.39 Å². The third-order valence-corrected chi connectivity index (χ3v) is 4.01. The minimum atomic E-state index is -0.337. The molecule has 1 fully saturated rings. The molecule has 0 saturated heterocycles. The van der Waals surface area contributed by atoms with Crippen LogP contribution in [0.4, 0.5) is 4.39 Å². The number of rotatable bonds is 5. The molecule has 0 aromatic heterocycles. The van der Waals surface area contributed by atoms with Crippen LogP contribution in [0.15, 0.2) is 18.2 Å². The van der Waals surface area contributed by atoms with E-state index in [0.29, 0.717) is 23.4 Å². The molecule has 0 bridgehead atoms. The summed E-state index contributed by atoms with van der Waals surface area (Å²) in [5.74, 6) is 0.350. The van der Waals surface area contributed by atoms with Gasteiger partial charge in [0.05, 0.1) is 11.6 Å². The van der Waals surface area contributed by atoms with E-state index in [2.05, 4.69) is 19.2 Å². The molecule has 3 heteroatoms. The van der Waals surface area contributed by atoms with Crippen molar-refractivity contribution in [1.29, 1.82) is 5.26 Å². The van der Waals surface area contributed by atoms with E-state index in [1.807, 2.05) is 6.07 Å². The lowest BCUT2D eigenvalue weighted by Crippen LogP contribution is -2.27. The largest absolute Gasteiger partial charge is 0.312 e. The molecule has 0 amide bonds. The van der Waals surface area contributed by atoms with E-state index in [0.717, 1.165) is 12.1 Å². The van der Waals surface area contributed by atoms with Crippen molar-refractivity contribution in [1.82, 2.24) is 5.32 Å². The van der Waals surface area contributed by atoms with Gasteiger partial charge in [0, 0.05) is 13.1 Å². The van der Waals surface area contributed by atoms with Crippen LogP contribution in [-0.4, -0.2) is 6.54 Å². The van der Waals surface area contributed by atoms with Gasteiger partial charge in [-0.15, -0.1) is 0 Å². The molecule has 1 aliphatic carbocycles. The van der Waals surface area contributed by atoms with Gasteiger partial charge in [-0.25, -0.2) is 4.39 Å². The molecule has 18 heavy (non-hydrogen) atoms. The number of nitrogens with one attached hydrogen (secondary N) is 1. The summed E-state index contributed by atoms with van der Waals surface area (Å²) in [5, 5.41) is 12.2. The monoisotopic (exact) mass is 246 g/mol. The Morgan fingerprint density at radius 2 is 2.11 bits per heavy atom. The summed E-state index contributed by atoms with van der Waals surface area (Å²) in [6.07, 6.45) is 2.56. The van der Waals surface area contributed by atoms with Crippen molar-refractivity contribution in [2.45, 2.75) is 33.2 Å². The van der Waals surface area contributed by atoms with Gasteiger partial charge in [0.2, 0.25) is 0 Å². The van der Waals surface area contributed by atoms with Gasteiger partial charge >= 0.3 is 0 Å². The Hall–Kier alpha value is -1.40. The molecule has 0 unspecified atom stereocenters. The number of benzene rings is 1. The van der Waals surface area contributed by atoms with Crippen LogP contribution >= 0.6 is 0 Å². The van der Waals surface area contributed by atoms with Gasteiger partial charge in [0.25, 0.3) is 0 Å². The fraction of sp³-hybridized carbons (Fsp3) is 0.533. The summed E-state index contributed by atoms with van der Waals surface area (Å²) in [4.78, 5) is 0. The molecular weight excluding hydrogens is 227 g/mol. The topological polar surface area (TPSA) is 35.8 Å². The van der Waals surface area contributed by atoms with Crippen molar-refractivity contribution in [3.63, 3.8) is 0 Å². The average Bonchev–Trinajstić information content (AvgIpc) is 3.09. The number of hydrogen-bond donors (Lipinski definition) is 1. The Morgan fingerprint density at radius 3 is 2.67 bits per heavy atom. The third kappa shape index (κ3) is 2.88. The molecular formula is C15H19FN2. The highest BCUT2D eigenvalue weighted by Crippen LogP contribution is 2.51. The Bertz CT molecular complexity index is 470. The first-order chi connectivity index (χ1) is 8.55. The minimum Gasteiger partial charge on any atom is -0.312 e. The number of halogens is 1. The second kappa shape index (κ2) is 5.07. The van der Waals surface area contributed by atoms with Gasteiger partial charge in [0.1, 0.15) is 5.82 Å². The molecule has 1 N–H and O–H groups in total. The van der Waals surface area contributed by atoms with Crippen LogP contribution in [0.25, 0.3) is 0 Å². The number of nitriles is 1. The Morgan fingerprint density at radius 1 is 1.39 bits per heavy atom. The van der Waals surface area contributed by atoms with Crippen LogP contribution in [0.5, 0.6) is 0 Å². The summed E-state index contributed by atoms with van der Waals surface area (Å²) < 4.78 is 13.2. The van der Waals surface area contributed by atoms with Crippen molar-refractivity contribution in [3.8, 4) is 6.07 Å². The van der Waals surface area contributed by atoms with Crippen LogP contribution in [0, 0.1) is 28.5 Å². The molecule has 0 radical (unpaired) electrons. The summed E-state index contributed by atoms with van der Waals surface area (Å²) >= 11 is 0. The van der Waals surface area contributed by atoms with E-state index in [1.165, 1.54) is 25.0 Å². The van der Waals surface area contributed by atoms with Crippen LogP contribution in [0.1, 0.15) is 37.8 Å². The molecule has 1 saturated carbocycles. The van der Waals surface area contributed by atoms with Crippen LogP contribution in [0.3, 0.4) is 0 Å². The number of nitrogens with zero attached hydrogens (tertiary/aromatic N) is 1. The quantitative estimate of drug-likeness (QED) is 0.865. The lowest BCUT2D eigenvalue weighted by molar-refractivity contribution is 0.337. The van der Waals surface area contributed by atoms with Gasteiger partial charge in [-0.1, -0.05) is 13.8 Å². The first-order valence-corrected chi connectivity index (χ1v) is 6.46. The highest BCUT2D eigenvalue weighted by atomic mass is 19.1. The first kappa shape index (κ1) is 13.0. The molecule has 96 valence electrons. The van der Waals surface area contributed by atoms with Crippen molar-refractivity contribution >= 4 is 0 Å². The SMILES string of the molecule is CC(C)C1(CNCc2cc(F)cc(C#N)c2)CC1. The summed E-state index contributed by atoms with van der Waals surface area (Å²) in [7, 11) is 0. The van der Waals surface area contributed by atoms with Crippen LogP contribution < -0.4 is 5.32 Å². The lowest BCUT2D eigenvalue weighted by Gasteiger charge is -2.20. The van der Waals surface area contributed by atoms with Crippen LogP contribution in [0.2, 0.25) is 0 Å². The minimum absolute atomic E-state index is 0.337. The summed E-state index contributed by atoms with van der Waals surface area (Å²) in [6.45, 7) is 6.11. The molecule has 2 nitrogen and oxygen atoms in total. The molecule has 2 rings (SSSR count). The Labute approximate surface area is 108 Å². The molecule has 0 atom stereocenters. The third-order valence-electron chi connectivity index (χ3n) is 4.01. The summed E-state index contributed by atoms with van der Waals surface area (Å²) in [5.41, 5.74) is 1.67. The van der Waals surface area contributed by atoms with Gasteiger partial charge in [-0.05, 0) is 47.9 Å². The predicted molar refractivity (Wildman–Crippen MR) is 69.3 cm³/mol. The second-order valence-corrected chi connectivity index (χ2v) is 5.58. The van der Waals surface area contributed by atoms with Crippen molar-refractivity contribution in [3.05, 3.63) is 35.1 Å². The van der Waals surface area contributed by atoms with Crippen molar-refractivity contribution in [2.24, 2.45) is 11.3 Å². The maximum atomic E-state index is 13.2. The van der Waals surface area contributed by atoms with E-state index in [-0.39, 0.29) is 5.82 Å². The zero-order valence-electron chi connectivity index (χ0n) is 11.0. The maximum absolute atomic E-state index is 13.2. The molecule has 1 aromatic rings. The van der Waals surface area contributed by atoms with Crippen LogP contribution in [-0.2, 0) is 6.54 Å². The summed E-state index contributed by atoms with van der Waals surface area (Å²) in [6, 6.07) is 6.47. The Kier molecular flexibility index (Phi) is 3.68. The average molecular weight is 246 g/mol. The van der Waals surface area contributed by atoms with E-state index in [4.69, 9.17) is 5.26 Å². The second-order valence-electron chi connectivity index (χ2n) is 5.58. The van der Waals surface area contributed by atoms with E-state index >= 15 is 0 Å². The predicted octanol–water partition coefficient (Wildman–Crippen LogP) is 3.22. The maximum Gasteiger partial charge on any atom is 0.124 e. The first-order valence-electron chi connectivity index (χ1n) is 6.46. The van der Waals surface area contributed by atoms with Gasteiger partial charge < -0.3 is 5.32 Å². The molecule has 1 aromatic carbocycles. The highest BCUT2D eigenvalue weighted by molar-refractivity contribution is 5.33. The van der Waals surface area contributed by atoms with Gasteiger partial charge in [-0.2, -0.15) is 5.26 Å². The fourth-order valence-corrected chi connectivity index (χ4v) is 2.39. The van der Waals surface area contributed by atoms with Crippen molar-refractivity contribution < 1.29 is 4.39 Å². The Balaban J connectivity index is 1.91. The smallest absolute Gasteiger partial charge is 0.124 e. The van der Waals surface area contributed by atoms with E-state index < -0.39 is 0 Å².